The molecule has 2 rings (SSSR count). The third-order valence-corrected chi connectivity index (χ3v) is 6.35. The van der Waals surface area contributed by atoms with Gasteiger partial charge in [-0.05, 0) is 12.1 Å². The normalized spacial score (nSPS) is 11.8. The van der Waals surface area contributed by atoms with Crippen LogP contribution < -0.4 is 5.32 Å². The van der Waals surface area contributed by atoms with Crippen molar-refractivity contribution in [3.63, 3.8) is 0 Å². The molecule has 1 amide bonds. The Bertz CT molecular complexity index is 782. The molecule has 2 aromatic heterocycles. The fourth-order valence-corrected chi connectivity index (χ4v) is 4.36. The molecule has 0 saturated heterocycles. The van der Waals surface area contributed by atoms with E-state index in [4.69, 9.17) is 4.52 Å². The van der Waals surface area contributed by atoms with Crippen molar-refractivity contribution >= 4 is 27.3 Å². The van der Waals surface area contributed by atoms with E-state index in [0.717, 1.165) is 20.5 Å². The first-order valence-corrected chi connectivity index (χ1v) is 9.19. The SMILES string of the molecule is CCc1noc(CN(C)S(=O)(=O)c2ccc(CNC(C)=O)s2)n1. The third-order valence-electron chi connectivity index (χ3n) is 3.00. The number of thiophene rings is 1. The lowest BCUT2D eigenvalue weighted by Crippen LogP contribution is -2.26. The molecule has 0 spiro atoms. The van der Waals surface area contributed by atoms with E-state index in [0.29, 0.717) is 18.8 Å². The van der Waals surface area contributed by atoms with Crippen LogP contribution in [0.4, 0.5) is 0 Å². The summed E-state index contributed by atoms with van der Waals surface area (Å²) in [5.41, 5.74) is 0. The van der Waals surface area contributed by atoms with Crippen molar-refractivity contribution in [1.82, 2.24) is 19.8 Å². The Morgan fingerprint density at radius 3 is 2.78 bits per heavy atom. The summed E-state index contributed by atoms with van der Waals surface area (Å²) in [4.78, 5) is 15.8. The molecule has 1 N–H and O–H groups in total. The van der Waals surface area contributed by atoms with Gasteiger partial charge < -0.3 is 9.84 Å². The Hall–Kier alpha value is -1.78. The van der Waals surface area contributed by atoms with Gasteiger partial charge in [0.05, 0.1) is 13.1 Å². The number of aromatic nitrogens is 2. The molecule has 8 nitrogen and oxygen atoms in total. The fraction of sp³-hybridized carbons (Fsp3) is 0.462. The monoisotopic (exact) mass is 358 g/mol. The molecule has 0 radical (unpaired) electrons. The smallest absolute Gasteiger partial charge is 0.252 e. The van der Waals surface area contributed by atoms with Gasteiger partial charge >= 0.3 is 0 Å². The highest BCUT2D eigenvalue weighted by Crippen LogP contribution is 2.25. The fourth-order valence-electron chi connectivity index (χ4n) is 1.73. The molecule has 23 heavy (non-hydrogen) atoms. The molecule has 0 aliphatic rings. The largest absolute Gasteiger partial charge is 0.351 e. The molecule has 0 aliphatic carbocycles. The number of carbonyl (C=O) groups excluding carboxylic acids is 1. The van der Waals surface area contributed by atoms with Gasteiger partial charge in [-0.3, -0.25) is 4.79 Å². The van der Waals surface area contributed by atoms with Gasteiger partial charge in [0.25, 0.3) is 10.0 Å². The molecule has 0 fully saturated rings. The van der Waals surface area contributed by atoms with Crippen LogP contribution in [-0.2, 0) is 34.3 Å². The first-order valence-electron chi connectivity index (χ1n) is 6.94. The molecule has 0 bridgehead atoms. The summed E-state index contributed by atoms with van der Waals surface area (Å²) in [7, 11) is -2.18. The molecule has 0 aromatic carbocycles. The van der Waals surface area contributed by atoms with Crippen LogP contribution in [0.25, 0.3) is 0 Å². The van der Waals surface area contributed by atoms with Gasteiger partial charge in [-0.25, -0.2) is 8.42 Å². The summed E-state index contributed by atoms with van der Waals surface area (Å²) in [6.45, 7) is 3.61. The molecule has 10 heteroatoms. The van der Waals surface area contributed by atoms with E-state index in [1.165, 1.54) is 20.0 Å². The van der Waals surface area contributed by atoms with Gasteiger partial charge in [0, 0.05) is 25.3 Å². The zero-order valence-electron chi connectivity index (χ0n) is 13.1. The zero-order chi connectivity index (χ0) is 17.0. The summed E-state index contributed by atoms with van der Waals surface area (Å²) in [6.07, 6.45) is 0.622. The Balaban J connectivity index is 2.09. The molecule has 0 aliphatic heterocycles. The second-order valence-electron chi connectivity index (χ2n) is 4.85. The first-order chi connectivity index (χ1) is 10.8. The first kappa shape index (κ1) is 17.6. The van der Waals surface area contributed by atoms with Crippen molar-refractivity contribution in [2.24, 2.45) is 0 Å². The highest BCUT2D eigenvalue weighted by atomic mass is 32.2. The van der Waals surface area contributed by atoms with E-state index in [1.54, 1.807) is 6.07 Å². The van der Waals surface area contributed by atoms with Gasteiger partial charge in [-0.2, -0.15) is 9.29 Å². The van der Waals surface area contributed by atoms with Gasteiger partial charge in [0.15, 0.2) is 5.82 Å². The number of carbonyl (C=O) groups is 1. The third kappa shape index (κ3) is 4.36. The lowest BCUT2D eigenvalue weighted by molar-refractivity contribution is -0.119. The predicted octanol–water partition coefficient (Wildman–Crippen LogP) is 1.15. The minimum absolute atomic E-state index is 0.00820. The second-order valence-corrected chi connectivity index (χ2v) is 8.29. The molecule has 126 valence electrons. The van der Waals surface area contributed by atoms with E-state index in [9.17, 15) is 13.2 Å². The van der Waals surface area contributed by atoms with Crippen LogP contribution in [0.3, 0.4) is 0 Å². The summed E-state index contributed by atoms with van der Waals surface area (Å²) in [5, 5.41) is 6.38. The maximum atomic E-state index is 12.5. The van der Waals surface area contributed by atoms with Gasteiger partial charge in [0.1, 0.15) is 4.21 Å². The molecule has 0 atom stereocenters. The Morgan fingerprint density at radius 1 is 1.43 bits per heavy atom. The lowest BCUT2D eigenvalue weighted by atomic mass is 10.4. The Labute approximate surface area is 138 Å². The topological polar surface area (TPSA) is 105 Å². The van der Waals surface area contributed by atoms with Crippen LogP contribution >= 0.6 is 11.3 Å². The zero-order valence-corrected chi connectivity index (χ0v) is 14.7. The number of sulfonamides is 1. The van der Waals surface area contributed by atoms with E-state index in [1.807, 2.05) is 6.92 Å². The van der Waals surface area contributed by atoms with Crippen molar-refractivity contribution in [2.75, 3.05) is 7.05 Å². The van der Waals surface area contributed by atoms with Gasteiger partial charge in [-0.15, -0.1) is 11.3 Å². The quantitative estimate of drug-likeness (QED) is 0.796. The average molecular weight is 358 g/mol. The van der Waals surface area contributed by atoms with Crippen LogP contribution in [0.15, 0.2) is 20.9 Å². The maximum Gasteiger partial charge on any atom is 0.252 e. The number of rotatable bonds is 7. The molecular formula is C13H18N4O4S2. The molecular weight excluding hydrogens is 340 g/mol. The lowest BCUT2D eigenvalue weighted by Gasteiger charge is -2.13. The van der Waals surface area contributed by atoms with Crippen molar-refractivity contribution in [1.29, 1.82) is 0 Å². The number of hydrogen-bond acceptors (Lipinski definition) is 7. The van der Waals surface area contributed by atoms with E-state index in [-0.39, 0.29) is 22.6 Å². The summed E-state index contributed by atoms with van der Waals surface area (Å²) in [5.74, 6) is 0.630. The highest BCUT2D eigenvalue weighted by molar-refractivity contribution is 7.91. The van der Waals surface area contributed by atoms with Crippen molar-refractivity contribution in [3.8, 4) is 0 Å². The van der Waals surface area contributed by atoms with Crippen molar-refractivity contribution in [2.45, 2.75) is 37.6 Å². The number of hydrogen-bond donors (Lipinski definition) is 1. The number of amides is 1. The van der Waals surface area contributed by atoms with E-state index in [2.05, 4.69) is 15.5 Å². The van der Waals surface area contributed by atoms with E-state index < -0.39 is 10.0 Å². The van der Waals surface area contributed by atoms with Crippen LogP contribution in [0.1, 0.15) is 30.4 Å². The Kier molecular flexibility index (Phi) is 5.50. The Morgan fingerprint density at radius 2 is 2.17 bits per heavy atom. The van der Waals surface area contributed by atoms with Gasteiger partial charge in [-0.1, -0.05) is 12.1 Å². The summed E-state index contributed by atoms with van der Waals surface area (Å²) >= 11 is 1.12. The molecule has 2 aromatic rings. The van der Waals surface area contributed by atoms with E-state index >= 15 is 0 Å². The van der Waals surface area contributed by atoms with Crippen molar-refractivity contribution < 1.29 is 17.7 Å². The van der Waals surface area contributed by atoms with Crippen LogP contribution in [0.5, 0.6) is 0 Å². The minimum atomic E-state index is -3.64. The highest BCUT2D eigenvalue weighted by Gasteiger charge is 2.24. The number of nitrogens with zero attached hydrogens (tertiary/aromatic N) is 3. The van der Waals surface area contributed by atoms with Crippen LogP contribution in [-0.4, -0.2) is 35.8 Å². The predicted molar refractivity (Wildman–Crippen MR) is 84.2 cm³/mol. The number of aryl methyl sites for hydroxylation is 1. The minimum Gasteiger partial charge on any atom is -0.351 e. The van der Waals surface area contributed by atoms with Crippen LogP contribution in [0.2, 0.25) is 0 Å². The molecule has 0 saturated carbocycles. The number of nitrogens with one attached hydrogen (secondary N) is 1. The summed E-state index contributed by atoms with van der Waals surface area (Å²) < 4.78 is 31.4. The van der Waals surface area contributed by atoms with Crippen molar-refractivity contribution in [3.05, 3.63) is 28.7 Å². The second kappa shape index (κ2) is 7.20. The summed E-state index contributed by atoms with van der Waals surface area (Å²) in [6, 6.07) is 3.21. The molecule has 0 unspecified atom stereocenters. The average Bonchev–Trinajstić information content (AvgIpc) is 3.14. The van der Waals surface area contributed by atoms with Crippen LogP contribution in [0, 0.1) is 0 Å². The maximum absolute atomic E-state index is 12.5. The standard InChI is InChI=1S/C13H18N4O4S2/c1-4-11-15-12(21-16-11)8-17(3)23(19,20)13-6-5-10(22-13)7-14-9(2)18/h5-6H,4,7-8H2,1-3H3,(H,14,18). The van der Waals surface area contributed by atoms with Gasteiger partial charge in [0.2, 0.25) is 11.8 Å². The molecule has 2 heterocycles.